The van der Waals surface area contributed by atoms with Crippen LogP contribution in [0.2, 0.25) is 0 Å². The zero-order chi connectivity index (χ0) is 14.2. The quantitative estimate of drug-likeness (QED) is 0.808. The molecule has 0 bridgehead atoms. The Kier molecular flexibility index (Phi) is 3.71. The van der Waals surface area contributed by atoms with Crippen LogP contribution < -0.4 is 4.90 Å². The van der Waals surface area contributed by atoms with E-state index in [0.717, 1.165) is 6.07 Å². The second-order valence-electron chi connectivity index (χ2n) is 4.27. The molecule has 0 N–H and O–H groups in total. The Morgan fingerprint density at radius 1 is 1.47 bits per heavy atom. The van der Waals surface area contributed by atoms with E-state index < -0.39 is 11.9 Å². The molecule has 0 aliphatic rings. The van der Waals surface area contributed by atoms with Crippen LogP contribution in [0.5, 0.6) is 0 Å². The minimum atomic E-state index is -4.45. The fourth-order valence-electron chi connectivity index (χ4n) is 1.80. The van der Waals surface area contributed by atoms with Crippen molar-refractivity contribution in [2.24, 2.45) is 0 Å². The maximum absolute atomic E-state index is 12.7. The fraction of sp³-hybridized carbons (Fsp3) is 0.455. The van der Waals surface area contributed by atoms with Crippen molar-refractivity contribution >= 4 is 27.3 Å². The normalized spacial score (nSPS) is 13.8. The number of rotatable bonds is 3. The molecule has 104 valence electrons. The number of hydrogen-bond donors (Lipinski definition) is 0. The van der Waals surface area contributed by atoms with Crippen LogP contribution in [0.4, 0.5) is 19.0 Å². The van der Waals surface area contributed by atoms with E-state index in [9.17, 15) is 13.2 Å². The first-order valence-electron chi connectivity index (χ1n) is 5.56. The van der Waals surface area contributed by atoms with Crippen molar-refractivity contribution in [1.29, 1.82) is 0 Å². The van der Waals surface area contributed by atoms with Gasteiger partial charge in [-0.15, -0.1) is 0 Å². The largest absolute Gasteiger partial charge is 0.435 e. The molecule has 19 heavy (non-hydrogen) atoms. The third kappa shape index (κ3) is 2.99. The second-order valence-corrected chi connectivity index (χ2v) is 5.83. The van der Waals surface area contributed by atoms with Gasteiger partial charge in [-0.05, 0) is 0 Å². The zero-order valence-electron chi connectivity index (χ0n) is 10.3. The van der Waals surface area contributed by atoms with Crippen LogP contribution in [-0.4, -0.2) is 33.0 Å². The molecule has 0 aliphatic carbocycles. The number of halogens is 4. The lowest BCUT2D eigenvalue weighted by Gasteiger charge is -2.19. The summed E-state index contributed by atoms with van der Waals surface area (Å²) < 4.78 is 39.2. The molecular weight excluding hydrogens is 325 g/mol. The Hall–Kier alpha value is -1.31. The van der Waals surface area contributed by atoms with Crippen LogP contribution >= 0.6 is 15.9 Å². The van der Waals surface area contributed by atoms with Gasteiger partial charge >= 0.3 is 6.18 Å². The molecule has 8 heteroatoms. The maximum Gasteiger partial charge on any atom is 0.435 e. The summed E-state index contributed by atoms with van der Waals surface area (Å²) in [5.74, 6) is 0.469. The summed E-state index contributed by atoms with van der Waals surface area (Å²) in [4.78, 5) is 6.12. The van der Waals surface area contributed by atoms with Crippen molar-refractivity contribution in [3.8, 4) is 0 Å². The van der Waals surface area contributed by atoms with Crippen molar-refractivity contribution in [3.05, 3.63) is 24.2 Å². The van der Waals surface area contributed by atoms with Crippen molar-refractivity contribution in [3.63, 3.8) is 0 Å². The van der Waals surface area contributed by atoms with Gasteiger partial charge in [0.2, 0.25) is 0 Å². The minimum Gasteiger partial charge on any atom is -0.357 e. The van der Waals surface area contributed by atoms with Gasteiger partial charge in [-0.3, -0.25) is 0 Å². The highest BCUT2D eigenvalue weighted by Crippen LogP contribution is 2.30. The van der Waals surface area contributed by atoms with E-state index in [4.69, 9.17) is 0 Å². The molecule has 0 spiro atoms. The van der Waals surface area contributed by atoms with Crippen LogP contribution in [0, 0.1) is 0 Å². The van der Waals surface area contributed by atoms with Gasteiger partial charge in [0.05, 0.1) is 0 Å². The van der Waals surface area contributed by atoms with E-state index in [2.05, 4.69) is 26.0 Å². The van der Waals surface area contributed by atoms with Crippen LogP contribution in [0.25, 0.3) is 5.52 Å². The Bertz CT molecular complexity index is 579. The molecule has 0 saturated heterocycles. The number of anilines is 1. The van der Waals surface area contributed by atoms with E-state index in [0.29, 0.717) is 17.9 Å². The van der Waals surface area contributed by atoms with Crippen molar-refractivity contribution in [1.82, 2.24) is 14.6 Å². The molecule has 0 aliphatic heterocycles. The number of fused-ring (bicyclic) bond motifs is 1. The minimum absolute atomic E-state index is 0.199. The first kappa shape index (κ1) is 14.1. The molecule has 0 aromatic carbocycles. The molecule has 4 nitrogen and oxygen atoms in total. The standard InChI is InChI=1S/C11H12BrF3N4/c1-7(12)6-18(2)10-8-5-9(11(13,14)15)17-19(8)4-3-16-10/h3-5,7H,6H2,1-2H3. The molecule has 1 unspecified atom stereocenters. The Labute approximate surface area is 116 Å². The highest BCUT2D eigenvalue weighted by Gasteiger charge is 2.34. The summed E-state index contributed by atoms with van der Waals surface area (Å²) in [5.41, 5.74) is -0.576. The molecule has 2 aromatic heterocycles. The average molecular weight is 337 g/mol. The molecular formula is C11H12BrF3N4. The summed E-state index contributed by atoms with van der Waals surface area (Å²) in [7, 11) is 1.78. The van der Waals surface area contributed by atoms with Gasteiger partial charge in [0, 0.05) is 36.9 Å². The van der Waals surface area contributed by atoms with Crippen molar-refractivity contribution in [2.75, 3.05) is 18.5 Å². The smallest absolute Gasteiger partial charge is 0.357 e. The third-order valence-electron chi connectivity index (χ3n) is 2.55. The maximum atomic E-state index is 12.7. The lowest BCUT2D eigenvalue weighted by molar-refractivity contribution is -0.141. The van der Waals surface area contributed by atoms with Gasteiger partial charge in [0.25, 0.3) is 0 Å². The van der Waals surface area contributed by atoms with Gasteiger partial charge in [-0.25, -0.2) is 9.50 Å². The fourth-order valence-corrected chi connectivity index (χ4v) is 2.24. The van der Waals surface area contributed by atoms with E-state index in [1.54, 1.807) is 11.9 Å². The van der Waals surface area contributed by atoms with Crippen molar-refractivity contribution < 1.29 is 13.2 Å². The Morgan fingerprint density at radius 2 is 2.16 bits per heavy atom. The molecule has 2 heterocycles. The van der Waals surface area contributed by atoms with Gasteiger partial charge < -0.3 is 4.90 Å². The predicted octanol–water partition coefficient (Wildman–Crippen LogP) is 2.97. The number of alkyl halides is 4. The Balaban J connectivity index is 2.48. The van der Waals surface area contributed by atoms with Crippen LogP contribution in [-0.2, 0) is 6.18 Å². The van der Waals surface area contributed by atoms with Crippen LogP contribution in [0.3, 0.4) is 0 Å². The van der Waals surface area contributed by atoms with Crippen molar-refractivity contribution in [2.45, 2.75) is 17.9 Å². The van der Waals surface area contributed by atoms with Gasteiger partial charge in [0.1, 0.15) is 5.52 Å². The van der Waals surface area contributed by atoms with E-state index in [1.807, 2.05) is 6.92 Å². The van der Waals surface area contributed by atoms with E-state index in [-0.39, 0.29) is 4.83 Å². The predicted molar refractivity (Wildman–Crippen MR) is 69.6 cm³/mol. The summed E-state index contributed by atoms with van der Waals surface area (Å²) in [5, 5.41) is 3.52. The lowest BCUT2D eigenvalue weighted by Crippen LogP contribution is -2.25. The summed E-state index contributed by atoms with van der Waals surface area (Å²) in [6.07, 6.45) is -1.62. The Morgan fingerprint density at radius 3 is 2.74 bits per heavy atom. The molecule has 0 radical (unpaired) electrons. The molecule has 0 saturated carbocycles. The van der Waals surface area contributed by atoms with Gasteiger partial charge in [-0.2, -0.15) is 18.3 Å². The molecule has 2 aromatic rings. The molecule has 0 amide bonds. The van der Waals surface area contributed by atoms with E-state index >= 15 is 0 Å². The summed E-state index contributed by atoms with van der Waals surface area (Å²) in [6, 6.07) is 1.01. The van der Waals surface area contributed by atoms with Gasteiger partial charge in [-0.1, -0.05) is 22.9 Å². The molecule has 2 rings (SSSR count). The average Bonchev–Trinajstić information content (AvgIpc) is 2.70. The number of nitrogens with zero attached hydrogens (tertiary/aromatic N) is 4. The SMILES string of the molecule is CC(Br)CN(C)c1nccn2nc(C(F)(F)F)cc12. The monoisotopic (exact) mass is 336 g/mol. The third-order valence-corrected chi connectivity index (χ3v) is 2.84. The molecule has 0 fully saturated rings. The van der Waals surface area contributed by atoms with E-state index in [1.165, 1.54) is 16.9 Å². The second kappa shape index (κ2) is 4.99. The first-order valence-corrected chi connectivity index (χ1v) is 6.47. The van der Waals surface area contributed by atoms with Crippen LogP contribution in [0.1, 0.15) is 12.6 Å². The summed E-state index contributed by atoms with van der Waals surface area (Å²) >= 11 is 3.40. The summed E-state index contributed by atoms with van der Waals surface area (Å²) in [6.45, 7) is 2.58. The highest BCUT2D eigenvalue weighted by molar-refractivity contribution is 9.09. The first-order chi connectivity index (χ1) is 8.79. The zero-order valence-corrected chi connectivity index (χ0v) is 11.9. The number of hydrogen-bond acceptors (Lipinski definition) is 3. The molecule has 1 atom stereocenters. The van der Waals surface area contributed by atoms with Gasteiger partial charge in [0.15, 0.2) is 11.5 Å². The topological polar surface area (TPSA) is 33.4 Å². The van der Waals surface area contributed by atoms with Crippen LogP contribution in [0.15, 0.2) is 18.5 Å². The lowest BCUT2D eigenvalue weighted by atomic mass is 10.3. The highest BCUT2D eigenvalue weighted by atomic mass is 79.9. The number of aromatic nitrogens is 3.